The van der Waals surface area contributed by atoms with Crippen molar-refractivity contribution in [2.45, 2.75) is 17.9 Å². The van der Waals surface area contributed by atoms with Crippen LogP contribution in [0.4, 0.5) is 0 Å². The summed E-state index contributed by atoms with van der Waals surface area (Å²) < 4.78 is 23.9. The summed E-state index contributed by atoms with van der Waals surface area (Å²) >= 11 is 0. The maximum absolute atomic E-state index is 12.0. The number of rotatable bonds is 3. The van der Waals surface area contributed by atoms with E-state index >= 15 is 0 Å². The summed E-state index contributed by atoms with van der Waals surface area (Å²) in [6.45, 7) is 1.77. The molecule has 0 radical (unpaired) electrons. The molecule has 0 spiro atoms. The van der Waals surface area contributed by atoms with Gasteiger partial charge in [0.05, 0.1) is 11.9 Å². The second kappa shape index (κ2) is 4.88. The fourth-order valence-corrected chi connectivity index (χ4v) is 3.43. The van der Waals surface area contributed by atoms with Crippen molar-refractivity contribution in [3.05, 3.63) is 18.6 Å². The molecule has 1 aromatic heterocycles. The first-order chi connectivity index (χ1) is 7.68. The van der Waals surface area contributed by atoms with Gasteiger partial charge in [0.1, 0.15) is 0 Å². The van der Waals surface area contributed by atoms with Crippen molar-refractivity contribution in [1.82, 2.24) is 15.3 Å². The summed E-state index contributed by atoms with van der Waals surface area (Å²) in [5, 5.41) is 3.29. The summed E-state index contributed by atoms with van der Waals surface area (Å²) in [5.41, 5.74) is 0. The Morgan fingerprint density at radius 1 is 1.44 bits per heavy atom. The molecule has 5 nitrogen and oxygen atoms in total. The van der Waals surface area contributed by atoms with E-state index in [1.807, 2.05) is 0 Å². The highest BCUT2D eigenvalue weighted by Crippen LogP contribution is 2.16. The van der Waals surface area contributed by atoms with Crippen molar-refractivity contribution in [2.75, 3.05) is 18.8 Å². The van der Waals surface area contributed by atoms with Gasteiger partial charge in [-0.3, -0.25) is 4.98 Å². The topological polar surface area (TPSA) is 72.0 Å². The van der Waals surface area contributed by atoms with Gasteiger partial charge in [-0.15, -0.1) is 0 Å². The first-order valence-corrected chi connectivity index (χ1v) is 7.03. The standard InChI is InChI=1S/C10H15N3O2S/c14-16(15,10-7-12-4-5-13-10)8-9-2-1-3-11-6-9/h4-5,7,9,11H,1-3,6,8H2. The summed E-state index contributed by atoms with van der Waals surface area (Å²) in [4.78, 5) is 7.63. The number of nitrogens with zero attached hydrogens (tertiary/aromatic N) is 2. The van der Waals surface area contributed by atoms with Gasteiger partial charge in [-0.2, -0.15) is 0 Å². The first kappa shape index (κ1) is 11.5. The normalized spacial score (nSPS) is 21.9. The van der Waals surface area contributed by atoms with Crippen LogP contribution < -0.4 is 5.32 Å². The Hall–Kier alpha value is -1.01. The van der Waals surface area contributed by atoms with Gasteiger partial charge in [0.2, 0.25) is 0 Å². The van der Waals surface area contributed by atoms with Crippen LogP contribution in [0.2, 0.25) is 0 Å². The maximum atomic E-state index is 12.0. The number of hydrogen-bond donors (Lipinski definition) is 1. The largest absolute Gasteiger partial charge is 0.316 e. The number of piperidine rings is 1. The molecule has 0 aliphatic carbocycles. The average Bonchev–Trinajstić information content (AvgIpc) is 2.31. The highest BCUT2D eigenvalue weighted by molar-refractivity contribution is 7.91. The molecule has 0 amide bonds. The Morgan fingerprint density at radius 2 is 2.31 bits per heavy atom. The zero-order valence-electron chi connectivity index (χ0n) is 8.96. The molecule has 0 saturated carbocycles. The Balaban J connectivity index is 2.08. The highest BCUT2D eigenvalue weighted by atomic mass is 32.2. The van der Waals surface area contributed by atoms with E-state index in [9.17, 15) is 8.42 Å². The van der Waals surface area contributed by atoms with E-state index in [-0.39, 0.29) is 16.7 Å². The first-order valence-electron chi connectivity index (χ1n) is 5.38. The fraction of sp³-hybridized carbons (Fsp3) is 0.600. The lowest BCUT2D eigenvalue weighted by atomic mass is 10.0. The molecule has 1 aliphatic rings. The predicted molar refractivity (Wildman–Crippen MR) is 59.7 cm³/mol. The molecule has 1 unspecified atom stereocenters. The third kappa shape index (κ3) is 2.76. The fourth-order valence-electron chi connectivity index (χ4n) is 1.91. The zero-order chi connectivity index (χ0) is 11.4. The molecule has 1 N–H and O–H groups in total. The Morgan fingerprint density at radius 3 is 2.94 bits per heavy atom. The lowest BCUT2D eigenvalue weighted by molar-refractivity contribution is 0.403. The van der Waals surface area contributed by atoms with Gasteiger partial charge in [0.25, 0.3) is 0 Å². The van der Waals surface area contributed by atoms with Crippen molar-refractivity contribution in [3.63, 3.8) is 0 Å². The van der Waals surface area contributed by atoms with Crippen molar-refractivity contribution < 1.29 is 8.42 Å². The van der Waals surface area contributed by atoms with Crippen LogP contribution in [-0.2, 0) is 9.84 Å². The summed E-state index contributed by atoms with van der Waals surface area (Å²) in [6, 6.07) is 0. The van der Waals surface area contributed by atoms with Gasteiger partial charge in [0, 0.05) is 12.4 Å². The second-order valence-electron chi connectivity index (χ2n) is 4.04. The molecule has 1 aromatic rings. The molecule has 0 bridgehead atoms. The van der Waals surface area contributed by atoms with Crippen LogP contribution in [0.5, 0.6) is 0 Å². The molecular weight excluding hydrogens is 226 g/mol. The Bertz CT molecular complexity index is 427. The minimum Gasteiger partial charge on any atom is -0.316 e. The number of nitrogens with one attached hydrogen (secondary N) is 1. The van der Waals surface area contributed by atoms with Crippen LogP contribution in [0.1, 0.15) is 12.8 Å². The lowest BCUT2D eigenvalue weighted by Gasteiger charge is -2.22. The molecule has 1 fully saturated rings. The van der Waals surface area contributed by atoms with E-state index in [2.05, 4.69) is 15.3 Å². The van der Waals surface area contributed by atoms with Gasteiger partial charge >= 0.3 is 0 Å². The highest BCUT2D eigenvalue weighted by Gasteiger charge is 2.23. The summed E-state index contributed by atoms with van der Waals surface area (Å²) in [7, 11) is -3.27. The molecule has 0 aromatic carbocycles. The molecule has 1 saturated heterocycles. The minimum atomic E-state index is -3.27. The number of sulfone groups is 1. The van der Waals surface area contributed by atoms with E-state index in [1.54, 1.807) is 0 Å². The van der Waals surface area contributed by atoms with Crippen LogP contribution in [0.25, 0.3) is 0 Å². The molecule has 6 heteroatoms. The van der Waals surface area contributed by atoms with Gasteiger partial charge < -0.3 is 5.32 Å². The average molecular weight is 241 g/mol. The van der Waals surface area contributed by atoms with Crippen LogP contribution in [0.15, 0.2) is 23.6 Å². The summed E-state index contributed by atoms with van der Waals surface area (Å²) in [6.07, 6.45) is 6.20. The van der Waals surface area contributed by atoms with E-state index in [0.717, 1.165) is 25.9 Å². The third-order valence-corrected chi connectivity index (χ3v) is 4.47. The molecule has 1 aliphatic heterocycles. The minimum absolute atomic E-state index is 0.0839. The van der Waals surface area contributed by atoms with Crippen LogP contribution in [0.3, 0.4) is 0 Å². The molecular formula is C10H15N3O2S. The smallest absolute Gasteiger partial charge is 0.197 e. The van der Waals surface area contributed by atoms with Gasteiger partial charge in [0.15, 0.2) is 14.9 Å². The lowest BCUT2D eigenvalue weighted by Crippen LogP contribution is -2.34. The summed E-state index contributed by atoms with van der Waals surface area (Å²) in [5.74, 6) is 0.361. The molecule has 16 heavy (non-hydrogen) atoms. The molecule has 2 rings (SSSR count). The maximum Gasteiger partial charge on any atom is 0.197 e. The van der Waals surface area contributed by atoms with Crippen molar-refractivity contribution in [3.8, 4) is 0 Å². The Labute approximate surface area is 95.2 Å². The third-order valence-electron chi connectivity index (χ3n) is 2.71. The molecule has 88 valence electrons. The zero-order valence-corrected chi connectivity index (χ0v) is 9.78. The van der Waals surface area contributed by atoms with Gasteiger partial charge in [-0.25, -0.2) is 13.4 Å². The van der Waals surface area contributed by atoms with Gasteiger partial charge in [-0.1, -0.05) is 0 Å². The number of hydrogen-bond acceptors (Lipinski definition) is 5. The van der Waals surface area contributed by atoms with Crippen LogP contribution in [-0.4, -0.2) is 37.2 Å². The van der Waals surface area contributed by atoms with E-state index in [0.29, 0.717) is 0 Å². The molecule has 1 atom stereocenters. The van der Waals surface area contributed by atoms with E-state index in [1.165, 1.54) is 18.6 Å². The van der Waals surface area contributed by atoms with Crippen molar-refractivity contribution in [1.29, 1.82) is 0 Å². The molecule has 2 heterocycles. The van der Waals surface area contributed by atoms with Crippen LogP contribution >= 0.6 is 0 Å². The quantitative estimate of drug-likeness (QED) is 0.821. The van der Waals surface area contributed by atoms with Crippen molar-refractivity contribution in [2.24, 2.45) is 5.92 Å². The SMILES string of the molecule is O=S(=O)(CC1CCCNC1)c1cnccn1. The van der Waals surface area contributed by atoms with Gasteiger partial charge in [-0.05, 0) is 31.8 Å². The van der Waals surface area contributed by atoms with Crippen LogP contribution in [0, 0.1) is 5.92 Å². The van der Waals surface area contributed by atoms with E-state index < -0.39 is 9.84 Å². The monoisotopic (exact) mass is 241 g/mol. The predicted octanol–water partition coefficient (Wildman–Crippen LogP) is 0.250. The Kier molecular flexibility index (Phi) is 3.50. The second-order valence-corrected chi connectivity index (χ2v) is 6.02. The van der Waals surface area contributed by atoms with Crippen molar-refractivity contribution >= 4 is 9.84 Å². The van der Waals surface area contributed by atoms with E-state index in [4.69, 9.17) is 0 Å². The number of aromatic nitrogens is 2.